The molecule has 0 aliphatic heterocycles. The van der Waals surface area contributed by atoms with E-state index < -0.39 is 12.2 Å². The standard InChI is InChI=1S/C10H15ClO2S/c1-6(2)10(13)8(12)5-7-3-4-9(11)14-7/h3-4,6,8,10,12-13H,5H2,1-2H3. The minimum absolute atomic E-state index is 0.0698. The first-order valence-corrected chi connectivity index (χ1v) is 5.80. The Morgan fingerprint density at radius 3 is 2.43 bits per heavy atom. The first-order valence-electron chi connectivity index (χ1n) is 4.61. The molecule has 0 aliphatic carbocycles. The lowest BCUT2D eigenvalue weighted by Gasteiger charge is -2.20. The van der Waals surface area contributed by atoms with E-state index in [-0.39, 0.29) is 5.92 Å². The summed E-state index contributed by atoms with van der Waals surface area (Å²) in [6.45, 7) is 3.77. The largest absolute Gasteiger partial charge is 0.390 e. The predicted molar refractivity (Wildman–Crippen MR) is 59.9 cm³/mol. The molecule has 2 unspecified atom stereocenters. The lowest BCUT2D eigenvalue weighted by molar-refractivity contribution is -0.00691. The van der Waals surface area contributed by atoms with Gasteiger partial charge in [0.1, 0.15) is 0 Å². The molecule has 0 radical (unpaired) electrons. The number of aliphatic hydroxyl groups excluding tert-OH is 2. The summed E-state index contributed by atoms with van der Waals surface area (Å²) in [5, 5.41) is 19.2. The van der Waals surface area contributed by atoms with E-state index in [1.807, 2.05) is 19.9 Å². The molecule has 0 aromatic carbocycles. The van der Waals surface area contributed by atoms with Crippen molar-refractivity contribution >= 4 is 22.9 Å². The van der Waals surface area contributed by atoms with Gasteiger partial charge in [0, 0.05) is 11.3 Å². The lowest BCUT2D eigenvalue weighted by Crippen LogP contribution is -2.32. The van der Waals surface area contributed by atoms with Gasteiger partial charge in [-0.25, -0.2) is 0 Å². The van der Waals surface area contributed by atoms with Gasteiger partial charge in [0.15, 0.2) is 0 Å². The van der Waals surface area contributed by atoms with Crippen LogP contribution in [0.25, 0.3) is 0 Å². The summed E-state index contributed by atoms with van der Waals surface area (Å²) in [6.07, 6.45) is -0.905. The monoisotopic (exact) mass is 234 g/mol. The van der Waals surface area contributed by atoms with Gasteiger partial charge in [-0.05, 0) is 18.1 Å². The summed E-state index contributed by atoms with van der Waals surface area (Å²) in [6, 6.07) is 3.68. The van der Waals surface area contributed by atoms with Crippen molar-refractivity contribution in [2.45, 2.75) is 32.5 Å². The van der Waals surface area contributed by atoms with Crippen LogP contribution >= 0.6 is 22.9 Å². The molecule has 2 atom stereocenters. The molecule has 14 heavy (non-hydrogen) atoms. The number of hydrogen-bond acceptors (Lipinski definition) is 3. The number of thiophene rings is 1. The second-order valence-electron chi connectivity index (χ2n) is 3.71. The van der Waals surface area contributed by atoms with Crippen LogP contribution in [-0.2, 0) is 6.42 Å². The van der Waals surface area contributed by atoms with Crippen LogP contribution in [0, 0.1) is 5.92 Å². The topological polar surface area (TPSA) is 40.5 Å². The SMILES string of the molecule is CC(C)C(O)C(O)Cc1ccc(Cl)s1. The van der Waals surface area contributed by atoms with Crippen molar-refractivity contribution in [1.29, 1.82) is 0 Å². The van der Waals surface area contributed by atoms with E-state index in [4.69, 9.17) is 11.6 Å². The summed E-state index contributed by atoms with van der Waals surface area (Å²) < 4.78 is 0.714. The molecule has 1 rings (SSSR count). The van der Waals surface area contributed by atoms with Gasteiger partial charge in [-0.15, -0.1) is 11.3 Å². The van der Waals surface area contributed by atoms with E-state index in [2.05, 4.69) is 0 Å². The fourth-order valence-corrected chi connectivity index (χ4v) is 2.37. The Labute approximate surface area is 93.2 Å². The Kier molecular flexibility index (Phi) is 4.38. The normalized spacial score (nSPS) is 15.9. The molecule has 0 fully saturated rings. The summed E-state index contributed by atoms with van der Waals surface area (Å²) in [5.74, 6) is 0.0698. The van der Waals surface area contributed by atoms with Gasteiger partial charge in [-0.3, -0.25) is 0 Å². The second kappa shape index (κ2) is 5.12. The number of aliphatic hydroxyl groups is 2. The van der Waals surface area contributed by atoms with Crippen LogP contribution in [0.2, 0.25) is 4.34 Å². The zero-order valence-corrected chi connectivity index (χ0v) is 9.85. The molecular weight excluding hydrogens is 220 g/mol. The fourth-order valence-electron chi connectivity index (χ4n) is 1.23. The van der Waals surface area contributed by atoms with E-state index in [1.165, 1.54) is 11.3 Å². The molecule has 80 valence electrons. The Hall–Kier alpha value is -0.0900. The van der Waals surface area contributed by atoms with Crippen LogP contribution < -0.4 is 0 Å². The summed E-state index contributed by atoms with van der Waals surface area (Å²) in [4.78, 5) is 1.00. The fraction of sp³-hybridized carbons (Fsp3) is 0.600. The average molecular weight is 235 g/mol. The van der Waals surface area contributed by atoms with Gasteiger partial charge in [-0.1, -0.05) is 25.4 Å². The Morgan fingerprint density at radius 2 is 2.00 bits per heavy atom. The molecule has 2 nitrogen and oxygen atoms in total. The van der Waals surface area contributed by atoms with Gasteiger partial charge in [0.05, 0.1) is 16.5 Å². The quantitative estimate of drug-likeness (QED) is 0.840. The lowest BCUT2D eigenvalue weighted by atomic mass is 9.99. The minimum Gasteiger partial charge on any atom is -0.390 e. The van der Waals surface area contributed by atoms with Crippen LogP contribution in [0.5, 0.6) is 0 Å². The highest BCUT2D eigenvalue weighted by Gasteiger charge is 2.20. The van der Waals surface area contributed by atoms with Gasteiger partial charge >= 0.3 is 0 Å². The number of halogens is 1. The molecule has 4 heteroatoms. The van der Waals surface area contributed by atoms with Crippen molar-refractivity contribution in [3.8, 4) is 0 Å². The number of hydrogen-bond donors (Lipinski definition) is 2. The third-order valence-electron chi connectivity index (χ3n) is 2.12. The van der Waals surface area contributed by atoms with E-state index in [1.54, 1.807) is 6.07 Å². The molecule has 0 spiro atoms. The molecule has 0 aliphatic rings. The smallest absolute Gasteiger partial charge is 0.0931 e. The van der Waals surface area contributed by atoms with E-state index in [0.717, 1.165) is 4.88 Å². The summed E-state index contributed by atoms with van der Waals surface area (Å²) in [7, 11) is 0. The first-order chi connectivity index (χ1) is 6.50. The number of rotatable bonds is 4. The van der Waals surface area contributed by atoms with Crippen molar-refractivity contribution in [2.75, 3.05) is 0 Å². The van der Waals surface area contributed by atoms with E-state index in [9.17, 15) is 10.2 Å². The molecular formula is C10H15ClO2S. The Morgan fingerprint density at radius 1 is 1.36 bits per heavy atom. The molecule has 1 heterocycles. The molecule has 2 N–H and O–H groups in total. The van der Waals surface area contributed by atoms with Crippen molar-refractivity contribution in [2.24, 2.45) is 5.92 Å². The van der Waals surface area contributed by atoms with Crippen molar-refractivity contribution in [3.05, 3.63) is 21.3 Å². The highest BCUT2D eigenvalue weighted by Crippen LogP contribution is 2.23. The Balaban J connectivity index is 2.52. The maximum atomic E-state index is 9.66. The zero-order valence-electron chi connectivity index (χ0n) is 8.27. The van der Waals surface area contributed by atoms with Gasteiger partial charge < -0.3 is 10.2 Å². The van der Waals surface area contributed by atoms with Crippen LogP contribution in [-0.4, -0.2) is 22.4 Å². The maximum Gasteiger partial charge on any atom is 0.0931 e. The van der Waals surface area contributed by atoms with E-state index in [0.29, 0.717) is 10.8 Å². The van der Waals surface area contributed by atoms with Crippen LogP contribution in [0.3, 0.4) is 0 Å². The predicted octanol–water partition coefficient (Wildman–Crippen LogP) is 2.32. The van der Waals surface area contributed by atoms with Crippen molar-refractivity contribution in [3.63, 3.8) is 0 Å². The molecule has 0 amide bonds. The molecule has 1 aromatic heterocycles. The van der Waals surface area contributed by atoms with Crippen LogP contribution in [0.1, 0.15) is 18.7 Å². The summed E-state index contributed by atoms with van der Waals surface area (Å²) in [5.41, 5.74) is 0. The molecule has 0 saturated heterocycles. The zero-order chi connectivity index (χ0) is 10.7. The minimum atomic E-state index is -0.704. The van der Waals surface area contributed by atoms with Gasteiger partial charge in [0.2, 0.25) is 0 Å². The molecule has 0 saturated carbocycles. The van der Waals surface area contributed by atoms with Crippen LogP contribution in [0.4, 0.5) is 0 Å². The highest BCUT2D eigenvalue weighted by molar-refractivity contribution is 7.16. The third-order valence-corrected chi connectivity index (χ3v) is 3.37. The van der Waals surface area contributed by atoms with Crippen molar-refractivity contribution in [1.82, 2.24) is 0 Å². The van der Waals surface area contributed by atoms with Gasteiger partial charge in [-0.2, -0.15) is 0 Å². The summed E-state index contributed by atoms with van der Waals surface area (Å²) >= 11 is 7.20. The second-order valence-corrected chi connectivity index (χ2v) is 5.51. The van der Waals surface area contributed by atoms with Gasteiger partial charge in [0.25, 0.3) is 0 Å². The van der Waals surface area contributed by atoms with Crippen molar-refractivity contribution < 1.29 is 10.2 Å². The average Bonchev–Trinajstić information content (AvgIpc) is 2.49. The maximum absolute atomic E-state index is 9.66. The molecule has 1 aromatic rings. The molecule has 0 bridgehead atoms. The highest BCUT2D eigenvalue weighted by atomic mass is 35.5. The third kappa shape index (κ3) is 3.24. The Bertz CT molecular complexity index is 285. The van der Waals surface area contributed by atoms with Crippen LogP contribution in [0.15, 0.2) is 12.1 Å². The first kappa shape index (κ1) is 12.0. The van der Waals surface area contributed by atoms with E-state index >= 15 is 0 Å².